The lowest BCUT2D eigenvalue weighted by atomic mass is 9.98. The van der Waals surface area contributed by atoms with Gasteiger partial charge in [-0.3, -0.25) is 4.79 Å². The molecular formula is C16H23NO4. The topological polar surface area (TPSA) is 67.8 Å². The Balaban J connectivity index is 1.97. The summed E-state index contributed by atoms with van der Waals surface area (Å²) in [5.41, 5.74) is 0.450. The van der Waals surface area contributed by atoms with Crippen LogP contribution in [0.3, 0.4) is 0 Å². The molecule has 1 aromatic rings. The molecule has 21 heavy (non-hydrogen) atoms. The maximum Gasteiger partial charge on any atom is 0.326 e. The summed E-state index contributed by atoms with van der Waals surface area (Å²) in [7, 11) is 3.19. The van der Waals surface area contributed by atoms with Crippen LogP contribution in [0.15, 0.2) is 24.3 Å². The number of methoxy groups -OCH3 is 1. The minimum absolute atomic E-state index is 0.000224. The first-order valence-corrected chi connectivity index (χ1v) is 7.27. The highest BCUT2D eigenvalue weighted by molar-refractivity contribution is 5.81. The second-order valence-corrected chi connectivity index (χ2v) is 5.42. The van der Waals surface area contributed by atoms with Crippen molar-refractivity contribution in [3.05, 3.63) is 29.8 Å². The van der Waals surface area contributed by atoms with E-state index in [1.54, 1.807) is 7.05 Å². The molecule has 0 saturated heterocycles. The second kappa shape index (κ2) is 6.91. The Morgan fingerprint density at radius 2 is 2.14 bits per heavy atom. The summed E-state index contributed by atoms with van der Waals surface area (Å²) in [5, 5.41) is 12.0. The van der Waals surface area contributed by atoms with Crippen LogP contribution in [0, 0.1) is 0 Å². The summed E-state index contributed by atoms with van der Waals surface area (Å²) in [6.07, 6.45) is 2.78. The molecule has 5 heteroatoms. The van der Waals surface area contributed by atoms with Crippen molar-refractivity contribution in [2.75, 3.05) is 20.8 Å². The number of benzene rings is 1. The van der Waals surface area contributed by atoms with Gasteiger partial charge in [0.25, 0.3) is 0 Å². The highest BCUT2D eigenvalue weighted by Gasteiger charge is 2.46. The molecule has 2 N–H and O–H groups in total. The van der Waals surface area contributed by atoms with Crippen molar-refractivity contribution in [3.8, 4) is 5.75 Å². The van der Waals surface area contributed by atoms with Crippen molar-refractivity contribution in [3.63, 3.8) is 0 Å². The minimum Gasteiger partial charge on any atom is -0.490 e. The van der Waals surface area contributed by atoms with Gasteiger partial charge in [-0.05, 0) is 44.0 Å². The standard InChI is InChI=1S/C16H23NO4/c1-17-16(15(19)20-2)9-7-14(11-16)21-13-5-3-12(4-6-13)8-10-18/h3-6,14,17-18H,7-11H2,1-2H3. The zero-order valence-corrected chi connectivity index (χ0v) is 12.6. The van der Waals surface area contributed by atoms with Crippen LogP contribution < -0.4 is 10.1 Å². The van der Waals surface area contributed by atoms with Crippen molar-refractivity contribution in [2.24, 2.45) is 0 Å². The molecule has 0 aromatic heterocycles. The molecule has 0 spiro atoms. The van der Waals surface area contributed by atoms with E-state index in [1.165, 1.54) is 7.11 Å². The number of hydrogen-bond donors (Lipinski definition) is 2. The lowest BCUT2D eigenvalue weighted by Crippen LogP contribution is -2.49. The van der Waals surface area contributed by atoms with Gasteiger partial charge in [-0.25, -0.2) is 0 Å². The smallest absolute Gasteiger partial charge is 0.326 e. The van der Waals surface area contributed by atoms with E-state index in [9.17, 15) is 4.79 Å². The summed E-state index contributed by atoms with van der Waals surface area (Å²) in [6.45, 7) is 0.145. The van der Waals surface area contributed by atoms with E-state index in [2.05, 4.69) is 5.32 Å². The highest BCUT2D eigenvalue weighted by atomic mass is 16.5. The van der Waals surface area contributed by atoms with E-state index in [-0.39, 0.29) is 18.7 Å². The summed E-state index contributed by atoms with van der Waals surface area (Å²) in [6, 6.07) is 7.71. The Morgan fingerprint density at radius 1 is 1.43 bits per heavy atom. The predicted octanol–water partition coefficient (Wildman–Crippen LogP) is 1.28. The number of hydrogen-bond acceptors (Lipinski definition) is 5. The first kappa shape index (κ1) is 15.8. The molecule has 0 radical (unpaired) electrons. The quantitative estimate of drug-likeness (QED) is 0.774. The Labute approximate surface area is 125 Å². The van der Waals surface area contributed by atoms with E-state index < -0.39 is 5.54 Å². The summed E-state index contributed by atoms with van der Waals surface area (Å²) < 4.78 is 10.8. The van der Waals surface area contributed by atoms with Gasteiger partial charge in [0.1, 0.15) is 17.4 Å². The summed E-state index contributed by atoms with van der Waals surface area (Å²) in [5.74, 6) is 0.563. The molecule has 1 aromatic carbocycles. The Hall–Kier alpha value is -1.59. The molecule has 2 atom stereocenters. The van der Waals surface area contributed by atoms with Gasteiger partial charge in [0.2, 0.25) is 0 Å². The SMILES string of the molecule is CNC1(C(=O)OC)CCC(Oc2ccc(CCO)cc2)C1. The van der Waals surface area contributed by atoms with Gasteiger partial charge in [-0.15, -0.1) is 0 Å². The number of esters is 1. The maximum absolute atomic E-state index is 11.9. The number of ether oxygens (including phenoxy) is 2. The fourth-order valence-electron chi connectivity index (χ4n) is 2.87. The number of aliphatic hydroxyl groups is 1. The minimum atomic E-state index is -0.629. The third-order valence-electron chi connectivity index (χ3n) is 4.15. The van der Waals surface area contributed by atoms with Gasteiger partial charge in [0, 0.05) is 13.0 Å². The van der Waals surface area contributed by atoms with Crippen molar-refractivity contribution in [2.45, 2.75) is 37.3 Å². The third kappa shape index (κ3) is 3.54. The Bertz CT molecular complexity index is 474. The van der Waals surface area contributed by atoms with Gasteiger partial charge < -0.3 is 19.9 Å². The van der Waals surface area contributed by atoms with Gasteiger partial charge in [-0.1, -0.05) is 12.1 Å². The first-order chi connectivity index (χ1) is 10.1. The molecule has 116 valence electrons. The van der Waals surface area contributed by atoms with Crippen LogP contribution in [0.1, 0.15) is 24.8 Å². The van der Waals surface area contributed by atoms with Crippen molar-refractivity contribution < 1.29 is 19.4 Å². The van der Waals surface area contributed by atoms with E-state index >= 15 is 0 Å². The lowest BCUT2D eigenvalue weighted by Gasteiger charge is -2.25. The molecule has 5 nitrogen and oxygen atoms in total. The fraction of sp³-hybridized carbons (Fsp3) is 0.562. The molecule has 0 amide bonds. The summed E-state index contributed by atoms with van der Waals surface area (Å²) >= 11 is 0. The molecule has 1 fully saturated rings. The van der Waals surface area contributed by atoms with Crippen LogP contribution in [0.4, 0.5) is 0 Å². The molecule has 1 aliphatic carbocycles. The summed E-state index contributed by atoms with van der Waals surface area (Å²) in [4.78, 5) is 11.9. The van der Waals surface area contributed by atoms with E-state index in [1.807, 2.05) is 24.3 Å². The van der Waals surface area contributed by atoms with Gasteiger partial charge in [0.05, 0.1) is 7.11 Å². The van der Waals surface area contributed by atoms with Crippen LogP contribution in [0.2, 0.25) is 0 Å². The van der Waals surface area contributed by atoms with Crippen molar-refractivity contribution >= 4 is 5.97 Å². The van der Waals surface area contributed by atoms with Crippen molar-refractivity contribution in [1.82, 2.24) is 5.32 Å². The molecule has 2 unspecified atom stereocenters. The molecule has 0 bridgehead atoms. The molecule has 0 heterocycles. The highest BCUT2D eigenvalue weighted by Crippen LogP contribution is 2.33. The lowest BCUT2D eigenvalue weighted by molar-refractivity contribution is -0.148. The maximum atomic E-state index is 11.9. The molecule has 2 rings (SSSR count). The van der Waals surface area contributed by atoms with Gasteiger partial charge in [-0.2, -0.15) is 0 Å². The second-order valence-electron chi connectivity index (χ2n) is 5.42. The largest absolute Gasteiger partial charge is 0.490 e. The number of aliphatic hydroxyl groups excluding tert-OH is 1. The average molecular weight is 293 g/mol. The zero-order chi connectivity index (χ0) is 15.3. The fourth-order valence-corrected chi connectivity index (χ4v) is 2.87. The van der Waals surface area contributed by atoms with E-state index in [0.717, 1.165) is 17.7 Å². The first-order valence-electron chi connectivity index (χ1n) is 7.27. The monoisotopic (exact) mass is 293 g/mol. The van der Waals surface area contributed by atoms with E-state index in [4.69, 9.17) is 14.6 Å². The number of likely N-dealkylation sites (N-methyl/N-ethyl adjacent to an activating group) is 1. The van der Waals surface area contributed by atoms with Crippen LogP contribution in [-0.2, 0) is 16.0 Å². The third-order valence-corrected chi connectivity index (χ3v) is 4.15. The predicted molar refractivity (Wildman–Crippen MR) is 79.3 cm³/mol. The van der Waals surface area contributed by atoms with Crippen LogP contribution in [0.25, 0.3) is 0 Å². The average Bonchev–Trinajstić information content (AvgIpc) is 2.93. The zero-order valence-electron chi connectivity index (χ0n) is 12.6. The van der Waals surface area contributed by atoms with Crippen LogP contribution in [0.5, 0.6) is 5.75 Å². The van der Waals surface area contributed by atoms with Crippen LogP contribution in [-0.4, -0.2) is 43.5 Å². The number of nitrogens with one attached hydrogen (secondary N) is 1. The Kier molecular flexibility index (Phi) is 5.20. The Morgan fingerprint density at radius 3 is 2.71 bits per heavy atom. The number of carbonyl (C=O) groups excluding carboxylic acids is 1. The van der Waals surface area contributed by atoms with Gasteiger partial charge >= 0.3 is 5.97 Å². The van der Waals surface area contributed by atoms with Crippen molar-refractivity contribution in [1.29, 1.82) is 0 Å². The molecule has 0 aliphatic heterocycles. The molecular weight excluding hydrogens is 270 g/mol. The number of rotatable bonds is 6. The van der Waals surface area contributed by atoms with Crippen LogP contribution >= 0.6 is 0 Å². The van der Waals surface area contributed by atoms with E-state index in [0.29, 0.717) is 19.3 Å². The molecule has 1 aliphatic rings. The molecule has 1 saturated carbocycles. The number of carbonyl (C=O) groups is 1. The normalized spacial score (nSPS) is 24.8. The van der Waals surface area contributed by atoms with Gasteiger partial charge in [0.15, 0.2) is 0 Å².